The van der Waals surface area contributed by atoms with Gasteiger partial charge < -0.3 is 14.8 Å². The molecule has 132 valence electrons. The molecule has 0 spiro atoms. The number of aromatic nitrogens is 2. The number of benzene rings is 1. The first-order valence-electron chi connectivity index (χ1n) is 7.68. The van der Waals surface area contributed by atoms with Crippen molar-refractivity contribution in [1.29, 1.82) is 0 Å². The molecule has 1 aromatic heterocycles. The highest BCUT2D eigenvalue weighted by molar-refractivity contribution is 8.02. The van der Waals surface area contributed by atoms with Gasteiger partial charge in [-0.3, -0.25) is 9.78 Å². The number of carbonyl (C=O) groups excluding carboxylic acids is 1. The number of thioether (sulfide) groups is 1. The molecule has 1 N–H and O–H groups in total. The van der Waals surface area contributed by atoms with Gasteiger partial charge in [0.1, 0.15) is 5.69 Å². The van der Waals surface area contributed by atoms with Crippen LogP contribution in [0.3, 0.4) is 0 Å². The zero-order chi connectivity index (χ0) is 18.1. The summed E-state index contributed by atoms with van der Waals surface area (Å²) in [6, 6.07) is 5.83. The molecule has 6 nitrogen and oxygen atoms in total. The fourth-order valence-corrected chi connectivity index (χ4v) is 2.64. The van der Waals surface area contributed by atoms with Gasteiger partial charge in [0.25, 0.3) is 0 Å². The van der Waals surface area contributed by atoms with E-state index in [9.17, 15) is 4.79 Å². The molecule has 0 aliphatic carbocycles. The minimum Gasteiger partial charge on any atom is -0.493 e. The smallest absolute Gasteiger partial charge is 0.208 e. The van der Waals surface area contributed by atoms with Crippen molar-refractivity contribution in [3.63, 3.8) is 0 Å². The number of nitrogens with one attached hydrogen (secondary N) is 1. The van der Waals surface area contributed by atoms with E-state index in [1.165, 1.54) is 30.4 Å². The summed E-state index contributed by atoms with van der Waals surface area (Å²) in [5.41, 5.74) is 1.45. The van der Waals surface area contributed by atoms with E-state index in [1.54, 1.807) is 20.3 Å². The SMILES string of the molecule is COc1ccc(CCN/C(=C/C(=O)c2cnccn2)SC)cc1OC. The minimum atomic E-state index is -0.170. The lowest BCUT2D eigenvalue weighted by Gasteiger charge is -2.11. The Hall–Kier alpha value is -2.54. The van der Waals surface area contributed by atoms with Crippen LogP contribution in [0.15, 0.2) is 47.9 Å². The summed E-state index contributed by atoms with van der Waals surface area (Å²) in [6.07, 6.45) is 8.75. The Morgan fingerprint density at radius 2 is 2.04 bits per heavy atom. The van der Waals surface area contributed by atoms with Gasteiger partial charge >= 0.3 is 0 Å². The maximum Gasteiger partial charge on any atom is 0.208 e. The van der Waals surface area contributed by atoms with Crippen LogP contribution in [0.5, 0.6) is 11.5 Å². The van der Waals surface area contributed by atoms with Crippen molar-refractivity contribution in [2.24, 2.45) is 0 Å². The lowest BCUT2D eigenvalue weighted by atomic mass is 10.1. The van der Waals surface area contributed by atoms with Crippen molar-refractivity contribution < 1.29 is 14.3 Å². The first kappa shape index (κ1) is 18.8. The lowest BCUT2D eigenvalue weighted by Crippen LogP contribution is -2.16. The van der Waals surface area contributed by atoms with Crippen LogP contribution in [0.25, 0.3) is 0 Å². The number of nitrogens with zero attached hydrogens (tertiary/aromatic N) is 2. The average molecular weight is 359 g/mol. The normalized spacial score (nSPS) is 11.1. The Morgan fingerprint density at radius 3 is 2.68 bits per heavy atom. The number of hydrogen-bond donors (Lipinski definition) is 1. The molecule has 7 heteroatoms. The Balaban J connectivity index is 1.95. The summed E-state index contributed by atoms with van der Waals surface area (Å²) in [5.74, 6) is 1.24. The van der Waals surface area contributed by atoms with Crippen molar-refractivity contribution >= 4 is 17.5 Å². The molecule has 0 atom stereocenters. The molecule has 1 aromatic carbocycles. The maximum absolute atomic E-state index is 12.1. The molecular weight excluding hydrogens is 338 g/mol. The molecule has 0 saturated carbocycles. The summed E-state index contributed by atoms with van der Waals surface area (Å²) < 4.78 is 10.5. The Labute approximate surface area is 151 Å². The molecule has 0 amide bonds. The van der Waals surface area contributed by atoms with Crippen LogP contribution in [0.1, 0.15) is 16.1 Å². The number of hydrogen-bond acceptors (Lipinski definition) is 7. The van der Waals surface area contributed by atoms with E-state index in [1.807, 2.05) is 24.5 Å². The lowest BCUT2D eigenvalue weighted by molar-refractivity contribution is 0.104. The van der Waals surface area contributed by atoms with Gasteiger partial charge in [0.15, 0.2) is 11.5 Å². The van der Waals surface area contributed by atoms with Crippen molar-refractivity contribution in [1.82, 2.24) is 15.3 Å². The summed E-state index contributed by atoms with van der Waals surface area (Å²) in [4.78, 5) is 20.1. The number of ether oxygens (including phenoxy) is 2. The molecule has 0 radical (unpaired) electrons. The van der Waals surface area contributed by atoms with Gasteiger partial charge in [0.05, 0.1) is 25.4 Å². The van der Waals surface area contributed by atoms with Crippen LogP contribution >= 0.6 is 11.8 Å². The van der Waals surface area contributed by atoms with E-state index < -0.39 is 0 Å². The predicted molar refractivity (Wildman–Crippen MR) is 99.2 cm³/mol. The highest BCUT2D eigenvalue weighted by atomic mass is 32.2. The molecule has 0 aliphatic heterocycles. The molecular formula is C18H21N3O3S. The van der Waals surface area contributed by atoms with E-state index in [4.69, 9.17) is 9.47 Å². The van der Waals surface area contributed by atoms with Crippen LogP contribution in [-0.4, -0.2) is 42.8 Å². The van der Waals surface area contributed by atoms with Gasteiger partial charge in [-0.25, -0.2) is 4.98 Å². The Bertz CT molecular complexity index is 736. The molecule has 1 heterocycles. The van der Waals surface area contributed by atoms with Crippen molar-refractivity contribution in [3.05, 3.63) is 59.2 Å². The zero-order valence-electron chi connectivity index (χ0n) is 14.5. The standard InChI is InChI=1S/C18H21N3O3S/c1-23-16-5-4-13(10-17(16)24-2)6-7-21-18(25-3)11-15(22)14-12-19-8-9-20-14/h4-5,8-12,21H,6-7H2,1-3H3/b18-11-. The van der Waals surface area contributed by atoms with Gasteiger partial charge in [-0.15, -0.1) is 11.8 Å². The molecule has 2 rings (SSSR count). The summed E-state index contributed by atoms with van der Waals surface area (Å²) in [7, 11) is 3.23. The Morgan fingerprint density at radius 1 is 1.24 bits per heavy atom. The first-order chi connectivity index (χ1) is 12.2. The van der Waals surface area contributed by atoms with Gasteiger partial charge in [-0.05, 0) is 30.4 Å². The minimum absolute atomic E-state index is 0.170. The molecule has 25 heavy (non-hydrogen) atoms. The summed E-state index contributed by atoms with van der Waals surface area (Å²) >= 11 is 1.48. The first-order valence-corrected chi connectivity index (χ1v) is 8.91. The van der Waals surface area contributed by atoms with E-state index in [-0.39, 0.29) is 5.78 Å². The molecule has 0 bridgehead atoms. The maximum atomic E-state index is 12.1. The third kappa shape index (κ3) is 5.49. The van der Waals surface area contributed by atoms with E-state index in [0.29, 0.717) is 23.7 Å². The zero-order valence-corrected chi connectivity index (χ0v) is 15.3. The fraction of sp³-hybridized carbons (Fsp3) is 0.278. The Kier molecular flexibility index (Phi) is 7.28. The molecule has 0 saturated heterocycles. The number of allylic oxidation sites excluding steroid dienone is 1. The molecule has 0 unspecified atom stereocenters. The average Bonchev–Trinajstić information content (AvgIpc) is 2.67. The number of carbonyl (C=O) groups is 1. The number of ketones is 1. The van der Waals surface area contributed by atoms with Crippen LogP contribution in [0.4, 0.5) is 0 Å². The van der Waals surface area contributed by atoms with E-state index in [0.717, 1.165) is 17.0 Å². The van der Waals surface area contributed by atoms with E-state index >= 15 is 0 Å². The molecule has 0 aliphatic rings. The number of methoxy groups -OCH3 is 2. The van der Waals surface area contributed by atoms with Gasteiger partial charge in [0, 0.05) is 25.0 Å². The highest BCUT2D eigenvalue weighted by Crippen LogP contribution is 2.27. The van der Waals surface area contributed by atoms with Crippen LogP contribution in [-0.2, 0) is 6.42 Å². The van der Waals surface area contributed by atoms with Crippen LogP contribution in [0.2, 0.25) is 0 Å². The second-order valence-electron chi connectivity index (χ2n) is 5.03. The second kappa shape index (κ2) is 9.68. The summed E-state index contributed by atoms with van der Waals surface area (Å²) in [5, 5.41) is 4.06. The van der Waals surface area contributed by atoms with Gasteiger partial charge in [-0.1, -0.05) is 6.07 Å². The summed E-state index contributed by atoms with van der Waals surface area (Å²) in [6.45, 7) is 0.690. The molecule has 2 aromatic rings. The quantitative estimate of drug-likeness (QED) is 0.545. The van der Waals surface area contributed by atoms with Crippen molar-refractivity contribution in [3.8, 4) is 11.5 Å². The monoisotopic (exact) mass is 359 g/mol. The van der Waals surface area contributed by atoms with Crippen LogP contribution < -0.4 is 14.8 Å². The topological polar surface area (TPSA) is 73.3 Å². The predicted octanol–water partition coefficient (Wildman–Crippen LogP) is 2.71. The van der Waals surface area contributed by atoms with E-state index in [2.05, 4.69) is 15.3 Å². The third-order valence-corrected chi connectivity index (χ3v) is 4.16. The fourth-order valence-electron chi connectivity index (χ4n) is 2.17. The second-order valence-corrected chi connectivity index (χ2v) is 5.88. The van der Waals surface area contributed by atoms with Gasteiger partial charge in [0.2, 0.25) is 5.78 Å². The highest BCUT2D eigenvalue weighted by Gasteiger charge is 2.07. The largest absolute Gasteiger partial charge is 0.493 e. The van der Waals surface area contributed by atoms with Crippen molar-refractivity contribution in [2.45, 2.75) is 6.42 Å². The third-order valence-electron chi connectivity index (χ3n) is 3.46. The number of rotatable bonds is 9. The van der Waals surface area contributed by atoms with Gasteiger partial charge in [-0.2, -0.15) is 0 Å². The van der Waals surface area contributed by atoms with Crippen molar-refractivity contribution in [2.75, 3.05) is 27.0 Å². The molecule has 0 fully saturated rings. The van der Waals surface area contributed by atoms with Crippen LogP contribution in [0, 0.1) is 0 Å².